The molecule has 1 heterocycles. The lowest BCUT2D eigenvalue weighted by molar-refractivity contribution is 0.140. The van der Waals surface area contributed by atoms with Gasteiger partial charge in [-0.15, -0.1) is 0 Å². The molecular weight excluding hydrogens is 299 g/mol. The minimum atomic E-state index is -0.897. The minimum absolute atomic E-state index is 0.113. The highest BCUT2D eigenvalue weighted by atomic mass is 19.1. The van der Waals surface area contributed by atoms with Crippen LogP contribution in [0.2, 0.25) is 0 Å². The van der Waals surface area contributed by atoms with Gasteiger partial charge in [-0.25, -0.2) is 9.18 Å². The normalized spacial score (nSPS) is 18.3. The van der Waals surface area contributed by atoms with E-state index in [0.717, 1.165) is 30.4 Å². The number of rotatable bonds is 4. The van der Waals surface area contributed by atoms with Crippen molar-refractivity contribution in [3.63, 3.8) is 0 Å². The Bertz CT molecular complexity index is 501. The Morgan fingerprint density at radius 2 is 2.22 bits per heavy atom. The van der Waals surface area contributed by atoms with Crippen LogP contribution < -0.4 is 5.32 Å². The Hall–Kier alpha value is -1.66. The lowest BCUT2D eigenvalue weighted by atomic mass is 9.99. The van der Waals surface area contributed by atoms with Crippen LogP contribution in [0.3, 0.4) is 0 Å². The molecular formula is C17H27FN2O3. The van der Waals surface area contributed by atoms with Gasteiger partial charge in [-0.3, -0.25) is 0 Å². The molecule has 1 aliphatic heterocycles. The molecule has 1 aromatic rings. The summed E-state index contributed by atoms with van der Waals surface area (Å²) in [4.78, 5) is 12.4. The number of carbonyl (C=O) groups is 1. The summed E-state index contributed by atoms with van der Waals surface area (Å²) in [6, 6.07) is 4.71. The Kier molecular flexibility index (Phi) is 7.98. The van der Waals surface area contributed by atoms with E-state index in [2.05, 4.69) is 5.32 Å². The van der Waals surface area contributed by atoms with Gasteiger partial charge < -0.3 is 20.4 Å². The summed E-state index contributed by atoms with van der Waals surface area (Å²) in [6.07, 6.45) is 1.78. The predicted octanol–water partition coefficient (Wildman–Crippen LogP) is 2.93. The average Bonchev–Trinajstić information content (AvgIpc) is 2.99. The maximum Gasteiger partial charge on any atom is 0.407 e. The fourth-order valence-electron chi connectivity index (χ4n) is 2.76. The van der Waals surface area contributed by atoms with Crippen LogP contribution in [0.15, 0.2) is 18.2 Å². The standard InChI is InChI=1S/C12H14FNO2.C5H13NO/c1-8-7-9(13)4-5-10(8)11-3-2-6-14(11)12(15)16;1-3-5(4-7)6-2/h4-5,7,11H,2-3,6H2,1H3,(H,15,16);5-7H,3-4H2,1-2H3/t11-;/m1./s1. The van der Waals surface area contributed by atoms with Crippen molar-refractivity contribution in [1.82, 2.24) is 10.2 Å². The average molecular weight is 326 g/mol. The molecule has 130 valence electrons. The van der Waals surface area contributed by atoms with Gasteiger partial charge in [-0.2, -0.15) is 0 Å². The number of carboxylic acid groups (broad SMARTS) is 1. The number of hydrogen-bond donors (Lipinski definition) is 3. The molecule has 0 aliphatic carbocycles. The zero-order valence-electron chi connectivity index (χ0n) is 14.1. The first-order chi connectivity index (χ1) is 10.9. The summed E-state index contributed by atoms with van der Waals surface area (Å²) >= 11 is 0. The van der Waals surface area contributed by atoms with Crippen LogP contribution >= 0.6 is 0 Å². The maximum absolute atomic E-state index is 13.0. The lowest BCUT2D eigenvalue weighted by Crippen LogP contribution is -2.29. The first kappa shape index (κ1) is 19.4. The van der Waals surface area contributed by atoms with Gasteiger partial charge in [0.05, 0.1) is 12.6 Å². The lowest BCUT2D eigenvalue weighted by Gasteiger charge is -2.23. The Labute approximate surface area is 137 Å². The molecule has 2 atom stereocenters. The molecule has 0 saturated carbocycles. The van der Waals surface area contributed by atoms with E-state index >= 15 is 0 Å². The number of nitrogens with zero attached hydrogens (tertiary/aromatic N) is 1. The van der Waals surface area contributed by atoms with E-state index < -0.39 is 6.09 Å². The summed E-state index contributed by atoms with van der Waals surface area (Å²) in [6.45, 7) is 4.66. The Balaban J connectivity index is 0.000000322. The second-order valence-electron chi connectivity index (χ2n) is 5.71. The third-order valence-corrected chi connectivity index (χ3v) is 4.21. The molecule has 2 rings (SSSR count). The van der Waals surface area contributed by atoms with Gasteiger partial charge in [-0.1, -0.05) is 13.0 Å². The summed E-state index contributed by atoms with van der Waals surface area (Å²) in [5.41, 5.74) is 1.74. The molecule has 0 radical (unpaired) electrons. The van der Waals surface area contributed by atoms with Crippen LogP contribution in [0.1, 0.15) is 43.4 Å². The van der Waals surface area contributed by atoms with E-state index in [-0.39, 0.29) is 18.5 Å². The highest BCUT2D eigenvalue weighted by Gasteiger charge is 2.30. The molecule has 1 aliphatic rings. The van der Waals surface area contributed by atoms with Gasteiger partial charge in [0.1, 0.15) is 5.82 Å². The smallest absolute Gasteiger partial charge is 0.407 e. The summed E-state index contributed by atoms with van der Waals surface area (Å²) < 4.78 is 13.0. The first-order valence-corrected chi connectivity index (χ1v) is 7.98. The fourth-order valence-corrected chi connectivity index (χ4v) is 2.76. The van der Waals surface area contributed by atoms with Gasteiger partial charge in [-0.05, 0) is 56.5 Å². The monoisotopic (exact) mass is 326 g/mol. The molecule has 1 saturated heterocycles. The Morgan fingerprint density at radius 3 is 2.65 bits per heavy atom. The molecule has 0 bridgehead atoms. The number of halogens is 1. The van der Waals surface area contributed by atoms with Crippen molar-refractivity contribution >= 4 is 6.09 Å². The van der Waals surface area contributed by atoms with Gasteiger partial charge >= 0.3 is 6.09 Å². The van der Waals surface area contributed by atoms with Crippen molar-refractivity contribution in [2.24, 2.45) is 0 Å². The molecule has 1 amide bonds. The number of hydrogen-bond acceptors (Lipinski definition) is 3. The molecule has 5 nitrogen and oxygen atoms in total. The van der Waals surface area contributed by atoms with Crippen LogP contribution in [0.5, 0.6) is 0 Å². The second kappa shape index (κ2) is 9.47. The number of aryl methyl sites for hydroxylation is 1. The molecule has 1 aromatic carbocycles. The van der Waals surface area contributed by atoms with Crippen molar-refractivity contribution in [1.29, 1.82) is 0 Å². The van der Waals surface area contributed by atoms with Gasteiger partial charge in [0.15, 0.2) is 0 Å². The Morgan fingerprint density at radius 1 is 1.52 bits per heavy atom. The molecule has 23 heavy (non-hydrogen) atoms. The zero-order valence-corrected chi connectivity index (χ0v) is 14.1. The molecule has 3 N–H and O–H groups in total. The summed E-state index contributed by atoms with van der Waals surface area (Å²) in [5.74, 6) is -0.277. The molecule has 6 heteroatoms. The van der Waals surface area contributed by atoms with E-state index in [0.29, 0.717) is 12.6 Å². The third kappa shape index (κ3) is 5.48. The fraction of sp³-hybridized carbons (Fsp3) is 0.588. The summed E-state index contributed by atoms with van der Waals surface area (Å²) in [7, 11) is 1.85. The zero-order chi connectivity index (χ0) is 17.4. The number of likely N-dealkylation sites (tertiary alicyclic amines) is 1. The van der Waals surface area contributed by atoms with Gasteiger partial charge in [0.25, 0.3) is 0 Å². The van der Waals surface area contributed by atoms with Crippen LogP contribution in [0.4, 0.5) is 9.18 Å². The van der Waals surface area contributed by atoms with Crippen molar-refractivity contribution in [2.45, 2.75) is 45.2 Å². The molecule has 1 fully saturated rings. The topological polar surface area (TPSA) is 72.8 Å². The van der Waals surface area contributed by atoms with Crippen molar-refractivity contribution < 1.29 is 19.4 Å². The van der Waals surface area contributed by atoms with E-state index in [1.165, 1.54) is 17.0 Å². The highest BCUT2D eigenvalue weighted by molar-refractivity contribution is 5.66. The van der Waals surface area contributed by atoms with Crippen LogP contribution in [-0.2, 0) is 0 Å². The van der Waals surface area contributed by atoms with Crippen molar-refractivity contribution in [3.8, 4) is 0 Å². The number of likely N-dealkylation sites (N-methyl/N-ethyl adjacent to an activating group) is 1. The first-order valence-electron chi connectivity index (χ1n) is 7.98. The number of aliphatic hydroxyl groups is 1. The number of nitrogens with one attached hydrogen (secondary N) is 1. The van der Waals surface area contributed by atoms with E-state index in [9.17, 15) is 9.18 Å². The van der Waals surface area contributed by atoms with E-state index in [1.54, 1.807) is 6.07 Å². The van der Waals surface area contributed by atoms with Crippen LogP contribution in [0.25, 0.3) is 0 Å². The SMILES string of the molecule is CCC(CO)NC.Cc1cc(F)ccc1[C@H]1CCCN1C(=O)O. The molecule has 0 spiro atoms. The van der Waals surface area contributed by atoms with Crippen molar-refractivity contribution in [2.75, 3.05) is 20.2 Å². The van der Waals surface area contributed by atoms with Gasteiger partial charge in [0.2, 0.25) is 0 Å². The molecule has 1 unspecified atom stereocenters. The minimum Gasteiger partial charge on any atom is -0.465 e. The van der Waals surface area contributed by atoms with Gasteiger partial charge in [0, 0.05) is 12.6 Å². The largest absolute Gasteiger partial charge is 0.465 e. The predicted molar refractivity (Wildman–Crippen MR) is 88.1 cm³/mol. The summed E-state index contributed by atoms with van der Waals surface area (Å²) in [5, 5.41) is 20.5. The maximum atomic E-state index is 13.0. The molecule has 0 aromatic heterocycles. The van der Waals surface area contributed by atoms with E-state index in [4.69, 9.17) is 10.2 Å². The van der Waals surface area contributed by atoms with Crippen LogP contribution in [0, 0.1) is 12.7 Å². The van der Waals surface area contributed by atoms with E-state index in [1.807, 2.05) is 20.9 Å². The quantitative estimate of drug-likeness (QED) is 0.795. The van der Waals surface area contributed by atoms with Crippen LogP contribution in [-0.4, -0.2) is 47.4 Å². The number of amides is 1. The highest BCUT2D eigenvalue weighted by Crippen LogP contribution is 2.33. The third-order valence-electron chi connectivity index (χ3n) is 4.21. The number of aliphatic hydroxyl groups excluding tert-OH is 1. The van der Waals surface area contributed by atoms with Crippen molar-refractivity contribution in [3.05, 3.63) is 35.1 Å². The second-order valence-corrected chi connectivity index (χ2v) is 5.71. The number of benzene rings is 1.